The lowest BCUT2D eigenvalue weighted by Gasteiger charge is -2.27. The maximum Gasteiger partial charge on any atom is 0.254 e. The Labute approximate surface area is 180 Å². The van der Waals surface area contributed by atoms with Gasteiger partial charge in [-0.05, 0) is 49.6 Å². The van der Waals surface area contributed by atoms with Crippen molar-refractivity contribution < 1.29 is 27.8 Å². The van der Waals surface area contributed by atoms with Gasteiger partial charge in [0.05, 0.1) is 25.8 Å². The van der Waals surface area contributed by atoms with Gasteiger partial charge in [-0.1, -0.05) is 0 Å². The highest BCUT2D eigenvalue weighted by atomic mass is 19.1. The highest BCUT2D eigenvalue weighted by Crippen LogP contribution is 2.39. The summed E-state index contributed by atoms with van der Waals surface area (Å²) < 4.78 is 37.4. The van der Waals surface area contributed by atoms with Crippen molar-refractivity contribution in [3.05, 3.63) is 59.2 Å². The van der Waals surface area contributed by atoms with Gasteiger partial charge in [-0.25, -0.2) is 8.78 Å². The summed E-state index contributed by atoms with van der Waals surface area (Å²) in [7, 11) is 3.19. The first-order valence-corrected chi connectivity index (χ1v) is 10.2. The fraction of sp³-hybridized carbons (Fsp3) is 0.391. The second kappa shape index (κ2) is 10.2. The quantitative estimate of drug-likeness (QED) is 0.644. The van der Waals surface area contributed by atoms with Gasteiger partial charge in [-0.3, -0.25) is 9.59 Å². The van der Waals surface area contributed by atoms with Gasteiger partial charge in [-0.2, -0.15) is 0 Å². The van der Waals surface area contributed by atoms with Crippen molar-refractivity contribution in [3.8, 4) is 11.5 Å². The first kappa shape index (κ1) is 22.5. The Morgan fingerprint density at radius 2 is 1.94 bits per heavy atom. The van der Waals surface area contributed by atoms with Crippen LogP contribution in [0.3, 0.4) is 0 Å². The number of carbonyl (C=O) groups is 2. The van der Waals surface area contributed by atoms with Gasteiger partial charge in [0, 0.05) is 31.1 Å². The molecule has 0 saturated carbocycles. The van der Waals surface area contributed by atoms with Crippen LogP contribution in [0.4, 0.5) is 8.78 Å². The molecule has 2 aromatic rings. The van der Waals surface area contributed by atoms with Gasteiger partial charge < -0.3 is 19.7 Å². The summed E-state index contributed by atoms with van der Waals surface area (Å²) in [4.78, 5) is 26.7. The number of carbonyl (C=O) groups excluding carboxylic acids is 2. The number of halogens is 2. The van der Waals surface area contributed by atoms with Gasteiger partial charge in [0.15, 0.2) is 0 Å². The number of ether oxygens (including phenoxy) is 2. The van der Waals surface area contributed by atoms with E-state index in [1.165, 1.54) is 0 Å². The van der Waals surface area contributed by atoms with Crippen LogP contribution in [0.15, 0.2) is 36.4 Å². The van der Waals surface area contributed by atoms with E-state index in [0.717, 1.165) is 30.5 Å². The molecule has 6 nitrogen and oxygen atoms in total. The summed E-state index contributed by atoms with van der Waals surface area (Å²) in [5.41, 5.74) is 0.685. The number of rotatable bonds is 8. The molecule has 166 valence electrons. The molecule has 1 aliphatic heterocycles. The van der Waals surface area contributed by atoms with Crippen molar-refractivity contribution in [2.24, 2.45) is 0 Å². The van der Waals surface area contributed by atoms with Crippen molar-refractivity contribution in [2.75, 3.05) is 27.3 Å². The first-order valence-electron chi connectivity index (χ1n) is 10.2. The summed E-state index contributed by atoms with van der Waals surface area (Å²) in [5, 5.41) is 2.57. The van der Waals surface area contributed by atoms with Crippen LogP contribution >= 0.6 is 0 Å². The standard InChI is InChI=1S/C23H26F2N2O4/c1-30-16-8-10-21(31-2)18(14-16)20-5-4-12-27(20)22(28)6-3-11-26-23(29)17-9-7-15(24)13-19(17)25/h7-10,13-14,20H,3-6,11-12H2,1-2H3,(H,26,29). The van der Waals surface area contributed by atoms with Crippen molar-refractivity contribution >= 4 is 11.8 Å². The third-order valence-electron chi connectivity index (χ3n) is 5.40. The number of amides is 2. The predicted molar refractivity (Wildman–Crippen MR) is 111 cm³/mol. The van der Waals surface area contributed by atoms with E-state index >= 15 is 0 Å². The summed E-state index contributed by atoms with van der Waals surface area (Å²) in [6.07, 6.45) is 2.37. The molecule has 1 atom stereocenters. The zero-order valence-corrected chi connectivity index (χ0v) is 17.6. The molecule has 31 heavy (non-hydrogen) atoms. The number of nitrogens with zero attached hydrogens (tertiary/aromatic N) is 1. The largest absolute Gasteiger partial charge is 0.497 e. The van der Waals surface area contributed by atoms with Crippen LogP contribution in [0.1, 0.15) is 47.6 Å². The Morgan fingerprint density at radius 1 is 1.13 bits per heavy atom. The molecule has 1 unspecified atom stereocenters. The Hall–Kier alpha value is -3.16. The van der Waals surface area contributed by atoms with Crippen LogP contribution in [0.25, 0.3) is 0 Å². The molecule has 1 N–H and O–H groups in total. The molecule has 8 heteroatoms. The molecule has 2 amide bonds. The summed E-state index contributed by atoms with van der Waals surface area (Å²) in [5.74, 6) is -0.905. The Morgan fingerprint density at radius 3 is 2.65 bits per heavy atom. The lowest BCUT2D eigenvalue weighted by atomic mass is 10.0. The van der Waals surface area contributed by atoms with Crippen molar-refractivity contribution in [1.82, 2.24) is 10.2 Å². The molecule has 1 aliphatic rings. The number of methoxy groups -OCH3 is 2. The van der Waals surface area contributed by atoms with E-state index in [1.807, 2.05) is 23.1 Å². The van der Waals surface area contributed by atoms with Gasteiger partial charge in [0.1, 0.15) is 23.1 Å². The minimum atomic E-state index is -0.916. The van der Waals surface area contributed by atoms with Gasteiger partial charge in [0.25, 0.3) is 5.91 Å². The molecule has 3 rings (SSSR count). The minimum Gasteiger partial charge on any atom is -0.497 e. The second-order valence-electron chi connectivity index (χ2n) is 7.34. The molecule has 1 fully saturated rings. The summed E-state index contributed by atoms with van der Waals surface area (Å²) in [6, 6.07) is 8.24. The Kier molecular flexibility index (Phi) is 7.44. The number of hydrogen-bond acceptors (Lipinski definition) is 4. The lowest BCUT2D eigenvalue weighted by molar-refractivity contribution is -0.132. The van der Waals surface area contributed by atoms with E-state index in [0.29, 0.717) is 30.5 Å². The van der Waals surface area contributed by atoms with Crippen molar-refractivity contribution in [3.63, 3.8) is 0 Å². The van der Waals surface area contributed by atoms with Crippen LogP contribution in [-0.2, 0) is 4.79 Å². The molecular formula is C23H26F2N2O4. The molecule has 0 bridgehead atoms. The van der Waals surface area contributed by atoms with Crippen LogP contribution in [0, 0.1) is 11.6 Å². The zero-order valence-electron chi connectivity index (χ0n) is 17.6. The molecule has 0 radical (unpaired) electrons. The third-order valence-corrected chi connectivity index (χ3v) is 5.40. The van der Waals surface area contributed by atoms with E-state index in [9.17, 15) is 18.4 Å². The molecule has 1 heterocycles. The van der Waals surface area contributed by atoms with E-state index in [-0.39, 0.29) is 30.5 Å². The van der Waals surface area contributed by atoms with Crippen LogP contribution < -0.4 is 14.8 Å². The van der Waals surface area contributed by atoms with Crippen molar-refractivity contribution in [1.29, 1.82) is 0 Å². The molecule has 0 aliphatic carbocycles. The van der Waals surface area contributed by atoms with Gasteiger partial charge >= 0.3 is 0 Å². The molecule has 1 saturated heterocycles. The average molecular weight is 432 g/mol. The summed E-state index contributed by atoms with van der Waals surface area (Å²) >= 11 is 0. The van der Waals surface area contributed by atoms with Crippen molar-refractivity contribution in [2.45, 2.75) is 31.7 Å². The predicted octanol–water partition coefficient (Wildman–Crippen LogP) is 3.86. The molecule has 2 aromatic carbocycles. The number of hydrogen-bond donors (Lipinski definition) is 1. The monoisotopic (exact) mass is 432 g/mol. The fourth-order valence-corrected chi connectivity index (χ4v) is 3.84. The fourth-order valence-electron chi connectivity index (χ4n) is 3.84. The highest BCUT2D eigenvalue weighted by Gasteiger charge is 2.31. The minimum absolute atomic E-state index is 0.0189. The SMILES string of the molecule is COc1ccc(OC)c(C2CCCN2C(=O)CCCNC(=O)c2ccc(F)cc2F)c1. The topological polar surface area (TPSA) is 67.9 Å². The number of benzene rings is 2. The maximum absolute atomic E-state index is 13.7. The zero-order chi connectivity index (χ0) is 22.4. The van der Waals surface area contributed by atoms with E-state index in [4.69, 9.17) is 9.47 Å². The van der Waals surface area contributed by atoms with E-state index < -0.39 is 17.5 Å². The molecule has 0 spiro atoms. The van der Waals surface area contributed by atoms with Crippen LogP contribution in [0.2, 0.25) is 0 Å². The smallest absolute Gasteiger partial charge is 0.254 e. The molecule has 0 aromatic heterocycles. The molecular weight excluding hydrogens is 406 g/mol. The van der Waals surface area contributed by atoms with E-state index in [1.54, 1.807) is 14.2 Å². The Bertz CT molecular complexity index is 951. The van der Waals surface area contributed by atoms with Gasteiger partial charge in [0.2, 0.25) is 5.91 Å². The van der Waals surface area contributed by atoms with Crippen LogP contribution in [0.5, 0.6) is 11.5 Å². The Balaban J connectivity index is 1.56. The summed E-state index contributed by atoms with van der Waals surface area (Å²) in [6.45, 7) is 0.861. The van der Waals surface area contributed by atoms with E-state index in [2.05, 4.69) is 5.32 Å². The third kappa shape index (κ3) is 5.31. The first-order chi connectivity index (χ1) is 14.9. The van der Waals surface area contributed by atoms with Gasteiger partial charge in [-0.15, -0.1) is 0 Å². The average Bonchev–Trinajstić information content (AvgIpc) is 3.25. The van der Waals surface area contributed by atoms with Crippen LogP contribution in [-0.4, -0.2) is 44.0 Å². The maximum atomic E-state index is 13.7. The second-order valence-corrected chi connectivity index (χ2v) is 7.34. The number of nitrogens with one attached hydrogen (secondary N) is 1. The normalized spacial score (nSPS) is 15.6. The number of likely N-dealkylation sites (tertiary alicyclic amines) is 1. The highest BCUT2D eigenvalue weighted by molar-refractivity contribution is 5.94. The lowest BCUT2D eigenvalue weighted by Crippen LogP contribution is -2.32.